The van der Waals surface area contributed by atoms with E-state index in [-0.39, 0.29) is 0 Å². The van der Waals surface area contributed by atoms with Gasteiger partial charge >= 0.3 is 0 Å². The summed E-state index contributed by atoms with van der Waals surface area (Å²) in [4.78, 5) is 0. The van der Waals surface area contributed by atoms with E-state index < -0.39 is 0 Å². The van der Waals surface area contributed by atoms with Crippen molar-refractivity contribution in [2.45, 2.75) is 33.6 Å². The van der Waals surface area contributed by atoms with Gasteiger partial charge in [0.15, 0.2) is 0 Å². The van der Waals surface area contributed by atoms with Gasteiger partial charge in [0.05, 0.1) is 5.71 Å². The molecule has 0 spiro atoms. The van der Waals surface area contributed by atoms with E-state index in [1.54, 1.807) is 0 Å². The Morgan fingerprint density at radius 1 is 1.58 bits per heavy atom. The number of hydrogen-bond acceptors (Lipinski definition) is 2. The molecule has 0 aromatic carbocycles. The molecule has 2 nitrogen and oxygen atoms in total. The van der Waals surface area contributed by atoms with E-state index in [2.05, 4.69) is 25.1 Å². The maximum absolute atomic E-state index is 8.71. The lowest BCUT2D eigenvalue weighted by atomic mass is 9.82. The highest BCUT2D eigenvalue weighted by molar-refractivity contribution is 6.00. The second-order valence-electron chi connectivity index (χ2n) is 3.88. The van der Waals surface area contributed by atoms with E-state index in [1.165, 1.54) is 0 Å². The van der Waals surface area contributed by atoms with Crippen molar-refractivity contribution < 1.29 is 5.21 Å². The number of allylic oxidation sites excluding steroid dienone is 2. The average Bonchev–Trinajstić information content (AvgIpc) is 2.05. The molecular formula is C10H17NO. The zero-order chi connectivity index (χ0) is 9.14. The van der Waals surface area contributed by atoms with Crippen molar-refractivity contribution in [1.82, 2.24) is 0 Å². The first kappa shape index (κ1) is 9.30. The van der Waals surface area contributed by atoms with Crippen LogP contribution in [0.15, 0.2) is 16.8 Å². The Morgan fingerprint density at radius 2 is 2.25 bits per heavy atom. The quantitative estimate of drug-likeness (QED) is 0.472. The van der Waals surface area contributed by atoms with Gasteiger partial charge in [-0.05, 0) is 37.2 Å². The molecule has 2 heteroatoms. The zero-order valence-corrected chi connectivity index (χ0v) is 8.04. The van der Waals surface area contributed by atoms with E-state index >= 15 is 0 Å². The molecule has 12 heavy (non-hydrogen) atoms. The molecule has 0 heterocycles. The van der Waals surface area contributed by atoms with E-state index in [1.807, 2.05) is 6.92 Å². The van der Waals surface area contributed by atoms with E-state index in [9.17, 15) is 0 Å². The van der Waals surface area contributed by atoms with Crippen molar-refractivity contribution in [3.8, 4) is 0 Å². The van der Waals surface area contributed by atoms with Crippen LogP contribution in [0.4, 0.5) is 0 Å². The van der Waals surface area contributed by atoms with Gasteiger partial charge in [-0.1, -0.05) is 25.1 Å². The predicted octanol–water partition coefficient (Wildman–Crippen LogP) is 2.83. The largest absolute Gasteiger partial charge is 0.411 e. The first-order chi connectivity index (χ1) is 5.65. The molecule has 1 atom stereocenters. The average molecular weight is 167 g/mol. The molecule has 0 aliphatic heterocycles. The van der Waals surface area contributed by atoms with Crippen molar-refractivity contribution in [3.63, 3.8) is 0 Å². The summed E-state index contributed by atoms with van der Waals surface area (Å²) in [6.45, 7) is 6.44. The molecule has 0 aromatic rings. The van der Waals surface area contributed by atoms with Gasteiger partial charge in [0, 0.05) is 0 Å². The summed E-state index contributed by atoms with van der Waals surface area (Å²) in [5.74, 6) is 1.32. The summed E-state index contributed by atoms with van der Waals surface area (Å²) in [6, 6.07) is 0. The van der Waals surface area contributed by atoms with Gasteiger partial charge in [-0.2, -0.15) is 0 Å². The third-order valence-corrected chi connectivity index (χ3v) is 2.70. The van der Waals surface area contributed by atoms with Gasteiger partial charge in [0.2, 0.25) is 0 Å². The smallest absolute Gasteiger partial charge is 0.0824 e. The summed E-state index contributed by atoms with van der Waals surface area (Å²) in [6.07, 6.45) is 4.22. The molecule has 68 valence electrons. The molecule has 1 aliphatic carbocycles. The summed E-state index contributed by atoms with van der Waals surface area (Å²) < 4.78 is 0. The van der Waals surface area contributed by atoms with Crippen LogP contribution < -0.4 is 0 Å². The molecule has 1 rings (SSSR count). The van der Waals surface area contributed by atoms with Crippen LogP contribution in [0.2, 0.25) is 0 Å². The highest BCUT2D eigenvalue weighted by atomic mass is 16.4. The monoisotopic (exact) mass is 167 g/mol. The Labute approximate surface area is 74.0 Å². The van der Waals surface area contributed by atoms with Crippen LogP contribution in [0.25, 0.3) is 0 Å². The van der Waals surface area contributed by atoms with Crippen molar-refractivity contribution in [3.05, 3.63) is 11.6 Å². The van der Waals surface area contributed by atoms with Crippen LogP contribution in [0.1, 0.15) is 33.6 Å². The lowest BCUT2D eigenvalue weighted by Gasteiger charge is -2.24. The van der Waals surface area contributed by atoms with Crippen molar-refractivity contribution >= 4 is 5.71 Å². The van der Waals surface area contributed by atoms with Crippen LogP contribution in [0.5, 0.6) is 0 Å². The second kappa shape index (κ2) is 3.74. The molecule has 1 aliphatic rings. The van der Waals surface area contributed by atoms with Crippen LogP contribution in [-0.4, -0.2) is 10.9 Å². The Kier molecular flexibility index (Phi) is 2.90. The maximum Gasteiger partial charge on any atom is 0.0824 e. The highest BCUT2D eigenvalue weighted by Gasteiger charge is 2.20. The number of rotatable bonds is 1. The van der Waals surface area contributed by atoms with Crippen molar-refractivity contribution in [2.75, 3.05) is 0 Å². The Balaban J connectivity index is 2.71. The summed E-state index contributed by atoms with van der Waals surface area (Å²) >= 11 is 0. The summed E-state index contributed by atoms with van der Waals surface area (Å²) in [7, 11) is 0. The van der Waals surface area contributed by atoms with Gasteiger partial charge in [0.25, 0.3) is 0 Å². The first-order valence-corrected chi connectivity index (χ1v) is 4.53. The fraction of sp³-hybridized carbons (Fsp3) is 0.700. The third kappa shape index (κ3) is 1.87. The predicted molar refractivity (Wildman–Crippen MR) is 50.5 cm³/mol. The van der Waals surface area contributed by atoms with E-state index in [4.69, 9.17) is 5.21 Å². The Bertz CT molecular complexity index is 216. The van der Waals surface area contributed by atoms with Gasteiger partial charge < -0.3 is 5.21 Å². The molecule has 0 bridgehead atoms. The minimum atomic E-state index is 0.652. The fourth-order valence-corrected chi connectivity index (χ4v) is 1.57. The zero-order valence-electron chi connectivity index (χ0n) is 8.04. The van der Waals surface area contributed by atoms with Crippen molar-refractivity contribution in [1.29, 1.82) is 0 Å². The second-order valence-corrected chi connectivity index (χ2v) is 3.88. The molecule has 1 unspecified atom stereocenters. The fourth-order valence-electron chi connectivity index (χ4n) is 1.57. The van der Waals surface area contributed by atoms with Gasteiger partial charge in [-0.25, -0.2) is 0 Å². The standard InChI is InChI=1S/C10H17NO/c1-7(2)9-5-4-8(3)10(6-9)11-12/h4,7,9,12H,5-6H2,1-3H3/b11-10+. The van der Waals surface area contributed by atoms with E-state index in [0.29, 0.717) is 11.8 Å². The van der Waals surface area contributed by atoms with Crippen LogP contribution >= 0.6 is 0 Å². The molecule has 0 amide bonds. The molecule has 0 radical (unpaired) electrons. The molecule has 0 fully saturated rings. The third-order valence-electron chi connectivity index (χ3n) is 2.70. The normalized spacial score (nSPS) is 27.8. The lowest BCUT2D eigenvalue weighted by molar-refractivity contribution is 0.311. The maximum atomic E-state index is 8.71. The Morgan fingerprint density at radius 3 is 2.75 bits per heavy atom. The molecule has 0 aromatic heterocycles. The van der Waals surface area contributed by atoms with Crippen LogP contribution in [-0.2, 0) is 0 Å². The first-order valence-electron chi connectivity index (χ1n) is 4.53. The number of oxime groups is 1. The molecule has 0 saturated carbocycles. The van der Waals surface area contributed by atoms with E-state index in [0.717, 1.165) is 24.1 Å². The van der Waals surface area contributed by atoms with Crippen LogP contribution in [0.3, 0.4) is 0 Å². The SMILES string of the molecule is CC1=CCC(C(C)C)C/C1=N\O. The van der Waals surface area contributed by atoms with Gasteiger partial charge in [-0.3, -0.25) is 0 Å². The highest BCUT2D eigenvalue weighted by Crippen LogP contribution is 2.27. The summed E-state index contributed by atoms with van der Waals surface area (Å²) in [5.41, 5.74) is 1.99. The summed E-state index contributed by atoms with van der Waals surface area (Å²) in [5, 5.41) is 12.0. The number of nitrogens with zero attached hydrogens (tertiary/aromatic N) is 1. The van der Waals surface area contributed by atoms with Gasteiger partial charge in [0.1, 0.15) is 0 Å². The minimum absolute atomic E-state index is 0.652. The molecular weight excluding hydrogens is 150 g/mol. The molecule has 1 N–H and O–H groups in total. The number of hydrogen-bond donors (Lipinski definition) is 1. The lowest BCUT2D eigenvalue weighted by Crippen LogP contribution is -2.18. The van der Waals surface area contributed by atoms with Crippen LogP contribution in [0, 0.1) is 11.8 Å². The molecule has 0 saturated heterocycles. The topological polar surface area (TPSA) is 32.6 Å². The Hall–Kier alpha value is -0.790. The van der Waals surface area contributed by atoms with Crippen molar-refractivity contribution in [2.24, 2.45) is 17.0 Å². The van der Waals surface area contributed by atoms with Gasteiger partial charge in [-0.15, -0.1) is 0 Å². The minimum Gasteiger partial charge on any atom is -0.411 e.